The molecule has 8 heteroatoms. The van der Waals surface area contributed by atoms with Gasteiger partial charge in [0.25, 0.3) is 0 Å². The van der Waals surface area contributed by atoms with Gasteiger partial charge >= 0.3 is 6.08 Å². The lowest BCUT2D eigenvalue weighted by Gasteiger charge is -2.12. The molecule has 1 N–H and O–H groups in total. The average molecular weight is 392 g/mol. The maximum atomic E-state index is 13.9. The summed E-state index contributed by atoms with van der Waals surface area (Å²) < 4.78 is 22.3. The van der Waals surface area contributed by atoms with Gasteiger partial charge in [0.15, 0.2) is 17.0 Å². The number of anilines is 1. The quantitative estimate of drug-likeness (QED) is 0.687. The van der Waals surface area contributed by atoms with Crippen LogP contribution in [0.25, 0.3) is 11.2 Å². The van der Waals surface area contributed by atoms with E-state index in [1.807, 2.05) is 24.3 Å². The SMILES string of the molecule is Fc1nc(NCc2ccc(Br)cc2)c2ncn(C3CCCO3)c2n1. The number of imidazole rings is 1. The highest BCUT2D eigenvalue weighted by Crippen LogP contribution is 2.28. The van der Waals surface area contributed by atoms with Crippen LogP contribution in [0.4, 0.5) is 10.2 Å². The lowest BCUT2D eigenvalue weighted by Crippen LogP contribution is -2.09. The Balaban J connectivity index is 1.63. The third-order valence-electron chi connectivity index (χ3n) is 3.98. The fourth-order valence-electron chi connectivity index (χ4n) is 2.79. The van der Waals surface area contributed by atoms with Gasteiger partial charge in [-0.05, 0) is 30.5 Å². The maximum absolute atomic E-state index is 13.9. The second-order valence-electron chi connectivity index (χ2n) is 5.61. The highest BCUT2D eigenvalue weighted by Gasteiger charge is 2.22. The standard InChI is InChI=1S/C16H15BrFN5O/c17-11-5-3-10(4-6-11)8-19-14-13-15(22-16(18)21-14)23(9-20-13)12-2-1-7-24-12/h3-6,9,12H,1-2,7-8H2,(H,19,21,22). The van der Waals surface area contributed by atoms with Crippen LogP contribution >= 0.6 is 15.9 Å². The van der Waals surface area contributed by atoms with E-state index in [2.05, 4.69) is 36.2 Å². The molecule has 124 valence electrons. The zero-order valence-electron chi connectivity index (χ0n) is 12.7. The number of nitrogens with one attached hydrogen (secondary N) is 1. The van der Waals surface area contributed by atoms with Crippen LogP contribution < -0.4 is 5.32 Å². The largest absolute Gasteiger partial charge is 0.364 e. The Morgan fingerprint density at radius 3 is 2.88 bits per heavy atom. The summed E-state index contributed by atoms with van der Waals surface area (Å²) in [6.07, 6.45) is 2.58. The third kappa shape index (κ3) is 2.99. The van der Waals surface area contributed by atoms with E-state index in [-0.39, 0.29) is 6.23 Å². The van der Waals surface area contributed by atoms with Crippen molar-refractivity contribution in [2.75, 3.05) is 11.9 Å². The molecule has 1 fully saturated rings. The molecule has 2 aromatic heterocycles. The summed E-state index contributed by atoms with van der Waals surface area (Å²) in [4.78, 5) is 12.1. The van der Waals surface area contributed by atoms with Gasteiger partial charge in [-0.3, -0.25) is 4.57 Å². The molecular weight excluding hydrogens is 377 g/mol. The maximum Gasteiger partial charge on any atom is 0.312 e. The van der Waals surface area contributed by atoms with Crippen molar-refractivity contribution < 1.29 is 9.13 Å². The van der Waals surface area contributed by atoms with Crippen LogP contribution in [0.2, 0.25) is 0 Å². The number of halogens is 2. The lowest BCUT2D eigenvalue weighted by atomic mass is 10.2. The first-order valence-corrected chi connectivity index (χ1v) is 8.50. The molecule has 0 aliphatic carbocycles. The van der Waals surface area contributed by atoms with E-state index < -0.39 is 6.08 Å². The number of fused-ring (bicyclic) bond motifs is 1. The Hall–Kier alpha value is -2.06. The Morgan fingerprint density at radius 2 is 2.12 bits per heavy atom. The number of hydrogen-bond donors (Lipinski definition) is 1. The zero-order chi connectivity index (χ0) is 16.5. The van der Waals surface area contributed by atoms with Gasteiger partial charge in [0.05, 0.1) is 6.33 Å². The van der Waals surface area contributed by atoms with Crippen molar-refractivity contribution >= 4 is 32.9 Å². The molecule has 4 rings (SSSR count). The van der Waals surface area contributed by atoms with Crippen LogP contribution in [0.1, 0.15) is 24.6 Å². The molecule has 3 aromatic rings. The number of rotatable bonds is 4. The number of hydrogen-bond acceptors (Lipinski definition) is 5. The van der Waals surface area contributed by atoms with Gasteiger partial charge in [0.1, 0.15) is 6.23 Å². The molecule has 0 amide bonds. The van der Waals surface area contributed by atoms with Gasteiger partial charge in [-0.1, -0.05) is 28.1 Å². The Labute approximate surface area is 146 Å². The second kappa shape index (κ2) is 6.45. The summed E-state index contributed by atoms with van der Waals surface area (Å²) in [5.41, 5.74) is 2.06. The predicted molar refractivity (Wildman–Crippen MR) is 91.0 cm³/mol. The molecule has 1 atom stereocenters. The van der Waals surface area contributed by atoms with Gasteiger partial charge in [0.2, 0.25) is 0 Å². The molecule has 1 aliphatic heterocycles. The van der Waals surface area contributed by atoms with E-state index in [0.717, 1.165) is 22.9 Å². The van der Waals surface area contributed by atoms with Crippen LogP contribution in [0.5, 0.6) is 0 Å². The van der Waals surface area contributed by atoms with Gasteiger partial charge in [-0.25, -0.2) is 4.98 Å². The molecule has 0 spiro atoms. The van der Waals surface area contributed by atoms with Crippen molar-refractivity contribution in [3.8, 4) is 0 Å². The molecule has 6 nitrogen and oxygen atoms in total. The van der Waals surface area contributed by atoms with E-state index in [9.17, 15) is 4.39 Å². The fourth-order valence-corrected chi connectivity index (χ4v) is 3.06. The molecule has 1 saturated heterocycles. The minimum atomic E-state index is -0.777. The van der Waals surface area contributed by atoms with Crippen molar-refractivity contribution in [1.29, 1.82) is 0 Å². The summed E-state index contributed by atoms with van der Waals surface area (Å²) in [6.45, 7) is 1.22. The van der Waals surface area contributed by atoms with E-state index in [0.29, 0.717) is 30.1 Å². The van der Waals surface area contributed by atoms with Crippen molar-refractivity contribution in [2.45, 2.75) is 25.6 Å². The highest BCUT2D eigenvalue weighted by molar-refractivity contribution is 9.10. The molecule has 1 aromatic carbocycles. The number of aromatic nitrogens is 4. The smallest absolute Gasteiger partial charge is 0.312 e. The first-order chi connectivity index (χ1) is 11.7. The second-order valence-corrected chi connectivity index (χ2v) is 6.53. The summed E-state index contributed by atoms with van der Waals surface area (Å²) >= 11 is 3.40. The molecule has 0 radical (unpaired) electrons. The predicted octanol–water partition coefficient (Wildman–Crippen LogP) is 3.65. The van der Waals surface area contributed by atoms with E-state index >= 15 is 0 Å². The fraction of sp³-hybridized carbons (Fsp3) is 0.312. The van der Waals surface area contributed by atoms with Crippen LogP contribution in [0.15, 0.2) is 35.1 Å². The van der Waals surface area contributed by atoms with Crippen molar-refractivity contribution in [3.05, 3.63) is 46.7 Å². The number of nitrogens with zero attached hydrogens (tertiary/aromatic N) is 4. The van der Waals surface area contributed by atoms with Gasteiger partial charge in [-0.2, -0.15) is 14.4 Å². The molecule has 1 unspecified atom stereocenters. The molecule has 3 heterocycles. The van der Waals surface area contributed by atoms with Gasteiger partial charge in [0, 0.05) is 17.6 Å². The molecule has 0 bridgehead atoms. The molecule has 1 aliphatic rings. The van der Waals surface area contributed by atoms with E-state index in [4.69, 9.17) is 4.74 Å². The zero-order valence-corrected chi connectivity index (χ0v) is 14.3. The Morgan fingerprint density at radius 1 is 1.29 bits per heavy atom. The van der Waals surface area contributed by atoms with Crippen molar-refractivity contribution in [3.63, 3.8) is 0 Å². The highest BCUT2D eigenvalue weighted by atomic mass is 79.9. The first-order valence-electron chi connectivity index (χ1n) is 7.71. The Bertz CT molecular complexity index is 861. The van der Waals surface area contributed by atoms with E-state index in [1.165, 1.54) is 0 Å². The minimum absolute atomic E-state index is 0.136. The van der Waals surface area contributed by atoms with Crippen LogP contribution in [0.3, 0.4) is 0 Å². The van der Waals surface area contributed by atoms with Crippen molar-refractivity contribution in [1.82, 2.24) is 19.5 Å². The third-order valence-corrected chi connectivity index (χ3v) is 4.51. The molecular formula is C16H15BrFN5O. The Kier molecular flexibility index (Phi) is 4.15. The van der Waals surface area contributed by atoms with E-state index in [1.54, 1.807) is 10.9 Å². The molecule has 24 heavy (non-hydrogen) atoms. The summed E-state index contributed by atoms with van der Waals surface area (Å²) in [5, 5.41) is 3.15. The van der Waals surface area contributed by atoms with Crippen LogP contribution in [-0.2, 0) is 11.3 Å². The number of benzene rings is 1. The topological polar surface area (TPSA) is 64.9 Å². The first kappa shape index (κ1) is 15.5. The molecule has 0 saturated carbocycles. The van der Waals surface area contributed by atoms with Crippen LogP contribution in [0, 0.1) is 6.08 Å². The van der Waals surface area contributed by atoms with Crippen LogP contribution in [-0.4, -0.2) is 26.1 Å². The monoisotopic (exact) mass is 391 g/mol. The van der Waals surface area contributed by atoms with Crippen molar-refractivity contribution in [2.24, 2.45) is 0 Å². The number of ether oxygens (including phenoxy) is 1. The summed E-state index contributed by atoms with van der Waals surface area (Å²) in [5.74, 6) is 0.386. The van der Waals surface area contributed by atoms with Gasteiger partial charge in [-0.15, -0.1) is 0 Å². The normalized spacial score (nSPS) is 17.5. The summed E-state index contributed by atoms with van der Waals surface area (Å²) in [7, 11) is 0. The summed E-state index contributed by atoms with van der Waals surface area (Å²) in [6, 6.07) is 7.88. The average Bonchev–Trinajstić information content (AvgIpc) is 3.22. The lowest BCUT2D eigenvalue weighted by molar-refractivity contribution is 0.0592. The van der Waals surface area contributed by atoms with Gasteiger partial charge < -0.3 is 10.1 Å². The minimum Gasteiger partial charge on any atom is -0.364 e.